The van der Waals surface area contributed by atoms with Crippen LogP contribution in [0.4, 0.5) is 0 Å². The molecule has 0 aliphatic carbocycles. The van der Waals surface area contributed by atoms with Gasteiger partial charge in [0.25, 0.3) is 5.89 Å². The molecule has 2 aromatic rings. The van der Waals surface area contributed by atoms with Crippen LogP contribution in [0.1, 0.15) is 24.4 Å². The molecule has 2 atom stereocenters. The normalized spacial score (nSPS) is 22.6. The summed E-state index contributed by atoms with van der Waals surface area (Å²) in [7, 11) is 0. The molecule has 0 spiro atoms. The highest BCUT2D eigenvalue weighted by molar-refractivity contribution is 8.06. The maximum Gasteiger partial charge on any atom is 0.278 e. The Labute approximate surface area is 132 Å². The summed E-state index contributed by atoms with van der Waals surface area (Å²) in [5.41, 5.74) is 6.25. The second-order valence-electron chi connectivity index (χ2n) is 4.85. The van der Waals surface area contributed by atoms with Crippen LogP contribution < -0.4 is 5.73 Å². The van der Waals surface area contributed by atoms with Gasteiger partial charge in [0, 0.05) is 36.0 Å². The second-order valence-corrected chi connectivity index (χ2v) is 7.45. The second kappa shape index (κ2) is 6.85. The molecule has 8 heteroatoms. The van der Waals surface area contributed by atoms with Gasteiger partial charge < -0.3 is 14.8 Å². The number of imidazole rings is 1. The van der Waals surface area contributed by atoms with Crippen LogP contribution in [0.3, 0.4) is 0 Å². The summed E-state index contributed by atoms with van der Waals surface area (Å²) in [4.78, 5) is 8.86. The fraction of sp³-hybridized carbons (Fsp3) is 0.615. The zero-order chi connectivity index (χ0) is 14.7. The van der Waals surface area contributed by atoms with Gasteiger partial charge in [-0.25, -0.2) is 4.98 Å². The Morgan fingerprint density at radius 1 is 1.43 bits per heavy atom. The Balaban J connectivity index is 1.78. The summed E-state index contributed by atoms with van der Waals surface area (Å²) >= 11 is 3.93. The quantitative estimate of drug-likeness (QED) is 0.902. The summed E-state index contributed by atoms with van der Waals surface area (Å²) in [5.74, 6) is 3.63. The SMILES string of the molecule is CCC1SCCSC1c1noc(-c2cn(CCN)cn2)n1. The number of rotatable bonds is 5. The number of nitrogens with two attached hydrogens (primary N) is 1. The molecule has 114 valence electrons. The lowest BCUT2D eigenvalue weighted by Gasteiger charge is -2.27. The molecule has 1 aliphatic heterocycles. The maximum absolute atomic E-state index is 5.54. The predicted molar refractivity (Wildman–Crippen MR) is 86.3 cm³/mol. The van der Waals surface area contributed by atoms with E-state index in [1.54, 1.807) is 6.33 Å². The van der Waals surface area contributed by atoms with E-state index in [1.165, 1.54) is 5.75 Å². The predicted octanol–water partition coefficient (Wildman–Crippen LogP) is 2.19. The van der Waals surface area contributed by atoms with E-state index in [-0.39, 0.29) is 0 Å². The van der Waals surface area contributed by atoms with E-state index in [9.17, 15) is 0 Å². The molecule has 6 nitrogen and oxygen atoms in total. The molecule has 3 heterocycles. The zero-order valence-electron chi connectivity index (χ0n) is 11.9. The van der Waals surface area contributed by atoms with Gasteiger partial charge in [-0.1, -0.05) is 12.1 Å². The van der Waals surface area contributed by atoms with E-state index < -0.39 is 0 Å². The van der Waals surface area contributed by atoms with Crippen LogP contribution in [0.25, 0.3) is 11.6 Å². The third-order valence-electron chi connectivity index (χ3n) is 3.39. The van der Waals surface area contributed by atoms with Crippen molar-refractivity contribution in [2.45, 2.75) is 30.4 Å². The van der Waals surface area contributed by atoms with Crippen molar-refractivity contribution in [1.82, 2.24) is 19.7 Å². The third-order valence-corrected chi connectivity index (χ3v) is 6.63. The van der Waals surface area contributed by atoms with Gasteiger partial charge in [-0.3, -0.25) is 0 Å². The van der Waals surface area contributed by atoms with Gasteiger partial charge in [-0.15, -0.1) is 11.8 Å². The van der Waals surface area contributed by atoms with Crippen molar-refractivity contribution in [2.75, 3.05) is 18.1 Å². The van der Waals surface area contributed by atoms with Crippen molar-refractivity contribution in [3.63, 3.8) is 0 Å². The average Bonchev–Trinajstić information content (AvgIpc) is 3.16. The molecule has 2 N–H and O–H groups in total. The molecule has 0 bridgehead atoms. The van der Waals surface area contributed by atoms with E-state index in [0.29, 0.717) is 28.6 Å². The molecule has 0 saturated carbocycles. The van der Waals surface area contributed by atoms with Crippen LogP contribution in [0.2, 0.25) is 0 Å². The van der Waals surface area contributed by atoms with Crippen LogP contribution >= 0.6 is 23.5 Å². The zero-order valence-corrected chi connectivity index (χ0v) is 13.6. The number of hydrogen-bond acceptors (Lipinski definition) is 7. The molecule has 0 radical (unpaired) electrons. The first-order valence-electron chi connectivity index (χ1n) is 7.10. The van der Waals surface area contributed by atoms with Crippen molar-refractivity contribution < 1.29 is 4.52 Å². The Kier molecular flexibility index (Phi) is 4.87. The molecule has 2 aromatic heterocycles. The average molecular weight is 325 g/mol. The third kappa shape index (κ3) is 3.27. The minimum Gasteiger partial charge on any atom is -0.335 e. The molecule has 0 amide bonds. The summed E-state index contributed by atoms with van der Waals surface area (Å²) in [5, 5.41) is 5.05. The smallest absolute Gasteiger partial charge is 0.278 e. The first kappa shape index (κ1) is 14.9. The van der Waals surface area contributed by atoms with Crippen molar-refractivity contribution in [1.29, 1.82) is 0 Å². The number of hydrogen-bond donors (Lipinski definition) is 1. The van der Waals surface area contributed by atoms with Gasteiger partial charge >= 0.3 is 0 Å². The molecule has 2 unspecified atom stereocenters. The molecule has 21 heavy (non-hydrogen) atoms. The van der Waals surface area contributed by atoms with E-state index in [1.807, 2.05) is 34.3 Å². The number of thioether (sulfide) groups is 2. The summed E-state index contributed by atoms with van der Waals surface area (Å²) in [6, 6.07) is 0. The summed E-state index contributed by atoms with van der Waals surface area (Å²) in [6.07, 6.45) is 4.76. The summed E-state index contributed by atoms with van der Waals surface area (Å²) < 4.78 is 7.33. The van der Waals surface area contributed by atoms with Gasteiger partial charge in [-0.2, -0.15) is 16.7 Å². The fourth-order valence-electron chi connectivity index (χ4n) is 2.34. The Bertz CT molecular complexity index is 585. The van der Waals surface area contributed by atoms with Gasteiger partial charge in [0.15, 0.2) is 5.82 Å². The molecule has 1 aliphatic rings. The van der Waals surface area contributed by atoms with E-state index in [0.717, 1.165) is 24.5 Å². The molecular weight excluding hydrogens is 306 g/mol. The minimum absolute atomic E-state index is 0.317. The van der Waals surface area contributed by atoms with Gasteiger partial charge in [-0.05, 0) is 6.42 Å². The Morgan fingerprint density at radius 2 is 2.29 bits per heavy atom. The van der Waals surface area contributed by atoms with Crippen LogP contribution in [0, 0.1) is 0 Å². The van der Waals surface area contributed by atoms with Crippen LogP contribution in [-0.2, 0) is 6.54 Å². The summed E-state index contributed by atoms with van der Waals surface area (Å²) in [6.45, 7) is 3.53. The first-order chi connectivity index (χ1) is 10.3. The molecular formula is C13H19N5OS2. The standard InChI is InChI=1S/C13H19N5OS2/c1-2-10-11(21-6-5-20-10)12-16-13(19-17-12)9-7-18(4-3-14)8-15-9/h7-8,10-11H,2-6,14H2,1H3. The van der Waals surface area contributed by atoms with E-state index in [4.69, 9.17) is 10.3 Å². The van der Waals surface area contributed by atoms with Crippen molar-refractivity contribution >= 4 is 23.5 Å². The minimum atomic E-state index is 0.317. The topological polar surface area (TPSA) is 82.8 Å². The van der Waals surface area contributed by atoms with Crippen molar-refractivity contribution in [3.05, 3.63) is 18.3 Å². The van der Waals surface area contributed by atoms with Gasteiger partial charge in [0.2, 0.25) is 0 Å². The van der Waals surface area contributed by atoms with Crippen LogP contribution in [0.15, 0.2) is 17.0 Å². The maximum atomic E-state index is 5.54. The largest absolute Gasteiger partial charge is 0.335 e. The lowest BCUT2D eigenvalue weighted by molar-refractivity contribution is 0.420. The van der Waals surface area contributed by atoms with Crippen LogP contribution in [0.5, 0.6) is 0 Å². The lowest BCUT2D eigenvalue weighted by atomic mass is 10.2. The van der Waals surface area contributed by atoms with Crippen molar-refractivity contribution in [2.24, 2.45) is 5.73 Å². The molecule has 0 aromatic carbocycles. The van der Waals surface area contributed by atoms with Crippen molar-refractivity contribution in [3.8, 4) is 11.6 Å². The van der Waals surface area contributed by atoms with Crippen LogP contribution in [-0.4, -0.2) is 43.0 Å². The Morgan fingerprint density at radius 3 is 3.10 bits per heavy atom. The highest BCUT2D eigenvalue weighted by Gasteiger charge is 2.30. The first-order valence-corrected chi connectivity index (χ1v) is 9.20. The highest BCUT2D eigenvalue weighted by atomic mass is 32.2. The molecule has 1 fully saturated rings. The molecule has 1 saturated heterocycles. The van der Waals surface area contributed by atoms with Gasteiger partial charge in [0.05, 0.1) is 11.6 Å². The Hall–Kier alpha value is -0.990. The van der Waals surface area contributed by atoms with E-state index >= 15 is 0 Å². The van der Waals surface area contributed by atoms with E-state index in [2.05, 4.69) is 22.0 Å². The molecule has 3 rings (SSSR count). The highest BCUT2D eigenvalue weighted by Crippen LogP contribution is 2.43. The monoisotopic (exact) mass is 325 g/mol. The lowest BCUT2D eigenvalue weighted by Crippen LogP contribution is -2.19. The van der Waals surface area contributed by atoms with Gasteiger partial charge in [0.1, 0.15) is 5.69 Å². The fourth-order valence-corrected chi connectivity index (χ4v) is 5.32. The number of nitrogens with zero attached hydrogens (tertiary/aromatic N) is 4. The number of aromatic nitrogens is 4.